The minimum Gasteiger partial charge on any atom is -0.465 e. The summed E-state index contributed by atoms with van der Waals surface area (Å²) in [5, 5.41) is 0. The second kappa shape index (κ2) is 7.50. The highest BCUT2D eigenvalue weighted by molar-refractivity contribution is 9.10. The molecule has 0 unspecified atom stereocenters. The van der Waals surface area contributed by atoms with E-state index in [0.717, 1.165) is 9.37 Å². The number of carbonyl (C=O) groups excluding carboxylic acids is 2. The summed E-state index contributed by atoms with van der Waals surface area (Å²) in [4.78, 5) is 23.0. The number of rotatable bonds is 6. The van der Waals surface area contributed by atoms with Gasteiger partial charge in [-0.3, -0.25) is 9.59 Å². The van der Waals surface area contributed by atoms with Crippen LogP contribution in [0.5, 0.6) is 0 Å². The Morgan fingerprint density at radius 1 is 1.29 bits per heavy atom. The fourth-order valence-electron chi connectivity index (χ4n) is 1.08. The number of Topliss-reactive ketones (excluding diaryl/α,β-unsaturated/α-hetero) is 1. The molecule has 3 nitrogen and oxygen atoms in total. The number of hydrogen-bond donors (Lipinski definition) is 0. The quantitative estimate of drug-likeness (QED) is 0.597. The first-order chi connectivity index (χ1) is 8.08. The SMILES string of the molecule is CC(=O)OCCC(=O)CSc1ccc(Br)cc1. The Morgan fingerprint density at radius 3 is 2.53 bits per heavy atom. The van der Waals surface area contributed by atoms with Crippen LogP contribution in [0.4, 0.5) is 0 Å². The van der Waals surface area contributed by atoms with E-state index in [1.54, 1.807) is 0 Å². The Morgan fingerprint density at radius 2 is 1.94 bits per heavy atom. The summed E-state index contributed by atoms with van der Waals surface area (Å²) < 4.78 is 5.72. The molecule has 92 valence electrons. The first kappa shape index (κ1) is 14.3. The lowest BCUT2D eigenvalue weighted by atomic mass is 10.3. The summed E-state index contributed by atoms with van der Waals surface area (Å²) in [7, 11) is 0. The molecule has 0 aliphatic heterocycles. The molecule has 0 aromatic heterocycles. The Kier molecular flexibility index (Phi) is 6.29. The zero-order valence-corrected chi connectivity index (χ0v) is 11.8. The first-order valence-electron chi connectivity index (χ1n) is 5.11. The van der Waals surface area contributed by atoms with Gasteiger partial charge in [-0.25, -0.2) is 0 Å². The van der Waals surface area contributed by atoms with Crippen molar-refractivity contribution in [3.63, 3.8) is 0 Å². The van der Waals surface area contributed by atoms with Gasteiger partial charge in [-0.15, -0.1) is 11.8 Å². The zero-order valence-electron chi connectivity index (χ0n) is 9.44. The normalized spacial score (nSPS) is 10.0. The van der Waals surface area contributed by atoms with Crippen LogP contribution < -0.4 is 0 Å². The van der Waals surface area contributed by atoms with E-state index in [9.17, 15) is 9.59 Å². The lowest BCUT2D eigenvalue weighted by Crippen LogP contribution is -2.08. The van der Waals surface area contributed by atoms with E-state index >= 15 is 0 Å². The van der Waals surface area contributed by atoms with Crippen molar-refractivity contribution in [3.8, 4) is 0 Å². The molecule has 0 N–H and O–H groups in total. The van der Waals surface area contributed by atoms with Crippen molar-refractivity contribution in [3.05, 3.63) is 28.7 Å². The van der Waals surface area contributed by atoms with Gasteiger partial charge in [0.2, 0.25) is 0 Å². The lowest BCUT2D eigenvalue weighted by molar-refractivity contribution is -0.141. The Bertz CT molecular complexity index is 389. The van der Waals surface area contributed by atoms with Crippen LogP contribution in [0.25, 0.3) is 0 Å². The fraction of sp³-hybridized carbons (Fsp3) is 0.333. The predicted molar refractivity (Wildman–Crippen MR) is 71.1 cm³/mol. The molecule has 5 heteroatoms. The smallest absolute Gasteiger partial charge is 0.302 e. The molecule has 17 heavy (non-hydrogen) atoms. The summed E-state index contributed by atoms with van der Waals surface area (Å²) in [5.74, 6) is 0.139. The number of benzene rings is 1. The van der Waals surface area contributed by atoms with Gasteiger partial charge in [0.15, 0.2) is 0 Å². The van der Waals surface area contributed by atoms with Gasteiger partial charge in [0.1, 0.15) is 5.78 Å². The maximum absolute atomic E-state index is 11.4. The predicted octanol–water partition coefficient (Wildman–Crippen LogP) is 3.06. The minimum atomic E-state index is -0.349. The standard InChI is InChI=1S/C12H13BrO3S/c1-9(14)16-7-6-11(15)8-17-12-4-2-10(13)3-5-12/h2-5H,6-8H2,1H3. The number of carbonyl (C=O) groups is 2. The molecule has 0 fully saturated rings. The van der Waals surface area contributed by atoms with Crippen molar-refractivity contribution in [1.82, 2.24) is 0 Å². The average Bonchev–Trinajstić information content (AvgIpc) is 2.28. The summed E-state index contributed by atoms with van der Waals surface area (Å²) in [6.45, 7) is 1.51. The number of ketones is 1. The van der Waals surface area contributed by atoms with Gasteiger partial charge in [0, 0.05) is 22.7 Å². The minimum absolute atomic E-state index is 0.0826. The molecule has 0 saturated heterocycles. The highest BCUT2D eigenvalue weighted by Gasteiger charge is 2.04. The molecule has 0 bridgehead atoms. The number of halogens is 1. The summed E-state index contributed by atoms with van der Waals surface area (Å²) in [6, 6.07) is 7.78. The highest BCUT2D eigenvalue weighted by Crippen LogP contribution is 2.20. The molecule has 0 radical (unpaired) electrons. The Labute approximate surface area is 113 Å². The van der Waals surface area contributed by atoms with Crippen molar-refractivity contribution >= 4 is 39.4 Å². The third kappa shape index (κ3) is 6.48. The largest absolute Gasteiger partial charge is 0.465 e. The summed E-state index contributed by atoms with van der Waals surface area (Å²) >= 11 is 4.83. The van der Waals surface area contributed by atoms with Crippen LogP contribution in [0.1, 0.15) is 13.3 Å². The molecule has 1 aromatic carbocycles. The van der Waals surface area contributed by atoms with Crippen molar-refractivity contribution in [2.45, 2.75) is 18.2 Å². The monoisotopic (exact) mass is 316 g/mol. The number of hydrogen-bond acceptors (Lipinski definition) is 4. The second-order valence-corrected chi connectivity index (χ2v) is 5.34. The van der Waals surface area contributed by atoms with E-state index in [-0.39, 0.29) is 24.8 Å². The van der Waals surface area contributed by atoms with Crippen LogP contribution in [0, 0.1) is 0 Å². The maximum atomic E-state index is 11.4. The Balaban J connectivity index is 2.23. The molecule has 0 aliphatic carbocycles. The summed E-state index contributed by atoms with van der Waals surface area (Å²) in [5.41, 5.74) is 0. The van der Waals surface area contributed by atoms with E-state index < -0.39 is 0 Å². The van der Waals surface area contributed by atoms with Gasteiger partial charge in [0.05, 0.1) is 12.4 Å². The van der Waals surface area contributed by atoms with Gasteiger partial charge in [-0.1, -0.05) is 15.9 Å². The van der Waals surface area contributed by atoms with E-state index in [0.29, 0.717) is 5.75 Å². The van der Waals surface area contributed by atoms with Crippen molar-refractivity contribution < 1.29 is 14.3 Å². The molecule has 1 aromatic rings. The third-order valence-electron chi connectivity index (χ3n) is 1.90. The van der Waals surface area contributed by atoms with Crippen LogP contribution in [-0.4, -0.2) is 24.1 Å². The molecular weight excluding hydrogens is 304 g/mol. The van der Waals surface area contributed by atoms with Crippen molar-refractivity contribution in [1.29, 1.82) is 0 Å². The van der Waals surface area contributed by atoms with Crippen molar-refractivity contribution in [2.75, 3.05) is 12.4 Å². The van der Waals surface area contributed by atoms with Crippen LogP contribution >= 0.6 is 27.7 Å². The molecule has 1 rings (SSSR count). The van der Waals surface area contributed by atoms with Gasteiger partial charge in [-0.05, 0) is 24.3 Å². The lowest BCUT2D eigenvalue weighted by Gasteiger charge is -2.02. The molecule has 0 amide bonds. The molecule has 0 atom stereocenters. The average molecular weight is 317 g/mol. The highest BCUT2D eigenvalue weighted by atomic mass is 79.9. The van der Waals surface area contributed by atoms with E-state index in [1.165, 1.54) is 18.7 Å². The topological polar surface area (TPSA) is 43.4 Å². The van der Waals surface area contributed by atoms with Crippen molar-refractivity contribution in [2.24, 2.45) is 0 Å². The summed E-state index contributed by atoms with van der Waals surface area (Å²) in [6.07, 6.45) is 0.281. The fourth-order valence-corrected chi connectivity index (χ4v) is 2.14. The van der Waals surface area contributed by atoms with Crippen LogP contribution in [0.3, 0.4) is 0 Å². The van der Waals surface area contributed by atoms with Crippen LogP contribution in [0.2, 0.25) is 0 Å². The zero-order chi connectivity index (χ0) is 12.7. The first-order valence-corrected chi connectivity index (χ1v) is 6.89. The molecule has 0 saturated carbocycles. The molecular formula is C12H13BrO3S. The molecule has 0 heterocycles. The van der Waals surface area contributed by atoms with Crippen LogP contribution in [0.15, 0.2) is 33.6 Å². The third-order valence-corrected chi connectivity index (χ3v) is 3.50. The van der Waals surface area contributed by atoms with Crippen LogP contribution in [-0.2, 0) is 14.3 Å². The van der Waals surface area contributed by atoms with Gasteiger partial charge in [-0.2, -0.15) is 0 Å². The number of thioether (sulfide) groups is 1. The maximum Gasteiger partial charge on any atom is 0.302 e. The molecule has 0 aliphatic rings. The van der Waals surface area contributed by atoms with E-state index in [2.05, 4.69) is 15.9 Å². The van der Waals surface area contributed by atoms with E-state index in [1.807, 2.05) is 24.3 Å². The van der Waals surface area contributed by atoms with Gasteiger partial charge < -0.3 is 4.74 Å². The van der Waals surface area contributed by atoms with Gasteiger partial charge >= 0.3 is 5.97 Å². The van der Waals surface area contributed by atoms with Gasteiger partial charge in [0.25, 0.3) is 0 Å². The number of esters is 1. The molecule has 0 spiro atoms. The Hall–Kier alpha value is -0.810. The number of ether oxygens (including phenoxy) is 1. The van der Waals surface area contributed by atoms with E-state index in [4.69, 9.17) is 4.74 Å². The second-order valence-electron chi connectivity index (χ2n) is 3.37.